The van der Waals surface area contributed by atoms with Crippen molar-refractivity contribution in [3.8, 4) is 0 Å². The van der Waals surface area contributed by atoms with Gasteiger partial charge in [0, 0.05) is 23.7 Å². The van der Waals surface area contributed by atoms with Crippen molar-refractivity contribution in [3.05, 3.63) is 30.1 Å². The quantitative estimate of drug-likeness (QED) is 0.815. The van der Waals surface area contributed by atoms with Crippen LogP contribution >= 0.6 is 23.1 Å². The van der Waals surface area contributed by atoms with E-state index >= 15 is 0 Å². The van der Waals surface area contributed by atoms with Crippen molar-refractivity contribution >= 4 is 28.2 Å². The van der Waals surface area contributed by atoms with Crippen LogP contribution in [0.2, 0.25) is 0 Å². The van der Waals surface area contributed by atoms with Crippen LogP contribution < -0.4 is 5.32 Å². The average Bonchev–Trinajstić information content (AvgIpc) is 2.97. The van der Waals surface area contributed by atoms with Gasteiger partial charge in [-0.3, -0.25) is 4.98 Å². The zero-order chi connectivity index (χ0) is 14.3. The molecule has 6 heteroatoms. The highest BCUT2D eigenvalue weighted by Crippen LogP contribution is 2.28. The van der Waals surface area contributed by atoms with Gasteiger partial charge >= 0.3 is 0 Å². The van der Waals surface area contributed by atoms with Crippen molar-refractivity contribution in [2.75, 3.05) is 11.1 Å². The van der Waals surface area contributed by atoms with Crippen molar-refractivity contribution in [2.45, 2.75) is 48.9 Å². The fraction of sp³-hybridized carbons (Fsp3) is 0.533. The highest BCUT2D eigenvalue weighted by molar-refractivity contribution is 8.01. The molecule has 0 aliphatic heterocycles. The minimum atomic E-state index is 0.595. The van der Waals surface area contributed by atoms with Crippen LogP contribution in [0.1, 0.15) is 37.8 Å². The molecule has 0 unspecified atom stereocenters. The van der Waals surface area contributed by atoms with E-state index in [0.717, 1.165) is 27.3 Å². The summed E-state index contributed by atoms with van der Waals surface area (Å²) in [6, 6.07) is 6.64. The summed E-state index contributed by atoms with van der Waals surface area (Å²) in [7, 11) is 0. The summed E-state index contributed by atoms with van der Waals surface area (Å²) in [5.41, 5.74) is 1.13. The molecular formula is C15H20N4S2. The average molecular weight is 320 g/mol. The molecule has 2 aromatic heterocycles. The van der Waals surface area contributed by atoms with Gasteiger partial charge in [-0.05, 0) is 31.4 Å². The van der Waals surface area contributed by atoms with Crippen LogP contribution in [0.25, 0.3) is 0 Å². The molecule has 0 radical (unpaired) electrons. The molecule has 0 spiro atoms. The molecule has 2 heterocycles. The number of hydrogen-bond acceptors (Lipinski definition) is 6. The minimum Gasteiger partial charge on any atom is -0.357 e. The van der Waals surface area contributed by atoms with Crippen molar-refractivity contribution < 1.29 is 0 Å². The summed E-state index contributed by atoms with van der Waals surface area (Å²) in [6.07, 6.45) is 9.39. The van der Waals surface area contributed by atoms with Crippen molar-refractivity contribution in [1.82, 2.24) is 15.2 Å². The molecule has 21 heavy (non-hydrogen) atoms. The maximum absolute atomic E-state index is 4.33. The summed E-state index contributed by atoms with van der Waals surface area (Å²) in [6.45, 7) is 0. The molecule has 1 saturated carbocycles. The van der Waals surface area contributed by atoms with Crippen LogP contribution in [0.5, 0.6) is 0 Å². The zero-order valence-electron chi connectivity index (χ0n) is 12.0. The zero-order valence-corrected chi connectivity index (χ0v) is 13.6. The molecule has 0 atom stereocenters. The van der Waals surface area contributed by atoms with Crippen LogP contribution in [-0.4, -0.2) is 27.0 Å². The summed E-state index contributed by atoms with van der Waals surface area (Å²) in [5, 5.41) is 13.0. The predicted octanol–water partition coefficient (Wildman–Crippen LogP) is 4.01. The first-order valence-corrected chi connectivity index (χ1v) is 9.33. The Bertz CT molecular complexity index is 538. The number of rotatable bonds is 6. The number of pyridine rings is 1. The molecule has 1 aliphatic rings. The third kappa shape index (κ3) is 4.68. The van der Waals surface area contributed by atoms with Crippen LogP contribution in [0, 0.1) is 0 Å². The third-order valence-electron chi connectivity index (χ3n) is 3.65. The first kappa shape index (κ1) is 14.8. The highest BCUT2D eigenvalue weighted by atomic mass is 32.2. The van der Waals surface area contributed by atoms with Gasteiger partial charge in [0.25, 0.3) is 0 Å². The number of anilines is 1. The first-order valence-electron chi connectivity index (χ1n) is 7.53. The van der Waals surface area contributed by atoms with E-state index in [4.69, 9.17) is 0 Å². The summed E-state index contributed by atoms with van der Waals surface area (Å²) in [5.74, 6) is 0.995. The van der Waals surface area contributed by atoms with E-state index in [1.54, 1.807) is 23.1 Å². The fourth-order valence-corrected chi connectivity index (χ4v) is 4.40. The lowest BCUT2D eigenvalue weighted by Crippen LogP contribution is -2.21. The second-order valence-electron chi connectivity index (χ2n) is 5.27. The molecule has 4 nitrogen and oxygen atoms in total. The molecule has 2 aromatic rings. The Balaban J connectivity index is 1.44. The Morgan fingerprint density at radius 2 is 2.10 bits per heavy atom. The molecule has 1 fully saturated rings. The SMILES string of the molecule is c1ccc(CCSc2nnc(NC3CCCCC3)s2)nc1. The lowest BCUT2D eigenvalue weighted by atomic mass is 9.96. The van der Waals surface area contributed by atoms with E-state index in [1.165, 1.54) is 32.1 Å². The van der Waals surface area contributed by atoms with Crippen LogP contribution in [0.4, 0.5) is 5.13 Å². The van der Waals surface area contributed by atoms with Gasteiger partial charge in [-0.25, -0.2) is 0 Å². The summed E-state index contributed by atoms with van der Waals surface area (Å²) < 4.78 is 1.05. The van der Waals surface area contributed by atoms with Gasteiger partial charge < -0.3 is 5.32 Å². The smallest absolute Gasteiger partial charge is 0.206 e. The molecule has 0 bridgehead atoms. The van der Waals surface area contributed by atoms with Gasteiger partial charge in [-0.1, -0.05) is 48.4 Å². The van der Waals surface area contributed by atoms with E-state index in [2.05, 4.69) is 26.6 Å². The van der Waals surface area contributed by atoms with Gasteiger partial charge in [-0.15, -0.1) is 10.2 Å². The number of hydrogen-bond donors (Lipinski definition) is 1. The molecule has 0 aromatic carbocycles. The summed E-state index contributed by atoms with van der Waals surface area (Å²) in [4.78, 5) is 4.33. The van der Waals surface area contributed by atoms with E-state index in [9.17, 15) is 0 Å². The molecule has 112 valence electrons. The minimum absolute atomic E-state index is 0.595. The largest absolute Gasteiger partial charge is 0.357 e. The maximum Gasteiger partial charge on any atom is 0.206 e. The maximum atomic E-state index is 4.33. The number of nitrogens with zero attached hydrogens (tertiary/aromatic N) is 3. The number of aromatic nitrogens is 3. The van der Waals surface area contributed by atoms with Crippen molar-refractivity contribution in [3.63, 3.8) is 0 Å². The lowest BCUT2D eigenvalue weighted by Gasteiger charge is -2.21. The first-order chi connectivity index (χ1) is 10.4. The Kier molecular flexibility index (Phi) is 5.46. The van der Waals surface area contributed by atoms with Crippen LogP contribution in [0.15, 0.2) is 28.7 Å². The third-order valence-corrected chi connectivity index (χ3v) is 5.64. The standard InChI is InChI=1S/C15H20N4S2/c1-2-7-13(8-3-1)17-14-18-19-15(21-14)20-11-9-12-6-4-5-10-16-12/h4-6,10,13H,1-3,7-9,11H2,(H,17,18). The topological polar surface area (TPSA) is 50.7 Å². The van der Waals surface area contributed by atoms with E-state index in [1.807, 2.05) is 18.3 Å². The molecule has 3 rings (SSSR count). The van der Waals surface area contributed by atoms with E-state index in [0.29, 0.717) is 6.04 Å². The normalized spacial score (nSPS) is 16.0. The van der Waals surface area contributed by atoms with Gasteiger partial charge in [-0.2, -0.15) is 0 Å². The van der Waals surface area contributed by atoms with Crippen molar-refractivity contribution in [2.24, 2.45) is 0 Å². The van der Waals surface area contributed by atoms with Gasteiger partial charge in [0.1, 0.15) is 0 Å². The van der Waals surface area contributed by atoms with E-state index in [-0.39, 0.29) is 0 Å². The van der Waals surface area contributed by atoms with Crippen LogP contribution in [0.3, 0.4) is 0 Å². The molecule has 1 aliphatic carbocycles. The van der Waals surface area contributed by atoms with Crippen molar-refractivity contribution in [1.29, 1.82) is 0 Å². The molecule has 0 saturated heterocycles. The number of nitrogens with one attached hydrogen (secondary N) is 1. The predicted molar refractivity (Wildman–Crippen MR) is 89.1 cm³/mol. The van der Waals surface area contributed by atoms with Gasteiger partial charge in [0.05, 0.1) is 0 Å². The molecule has 0 amide bonds. The highest BCUT2D eigenvalue weighted by Gasteiger charge is 2.15. The number of aryl methyl sites for hydroxylation is 1. The monoisotopic (exact) mass is 320 g/mol. The Morgan fingerprint density at radius 3 is 2.90 bits per heavy atom. The molecule has 1 N–H and O–H groups in total. The second kappa shape index (κ2) is 7.75. The Morgan fingerprint density at radius 1 is 1.19 bits per heavy atom. The van der Waals surface area contributed by atoms with Crippen LogP contribution in [-0.2, 0) is 6.42 Å². The number of thioether (sulfide) groups is 1. The Labute approximate surface area is 133 Å². The van der Waals surface area contributed by atoms with E-state index < -0.39 is 0 Å². The summed E-state index contributed by atoms with van der Waals surface area (Å²) >= 11 is 3.43. The Hall–Kier alpha value is -1.14. The van der Waals surface area contributed by atoms with Gasteiger partial charge in [0.2, 0.25) is 5.13 Å². The lowest BCUT2D eigenvalue weighted by molar-refractivity contribution is 0.462. The van der Waals surface area contributed by atoms with Gasteiger partial charge in [0.15, 0.2) is 4.34 Å². The second-order valence-corrected chi connectivity index (χ2v) is 7.59. The fourth-order valence-electron chi connectivity index (χ4n) is 2.54. The molecular weight excluding hydrogens is 300 g/mol.